The number of anilines is 3. The van der Waals surface area contributed by atoms with Crippen LogP contribution < -0.4 is 16.4 Å². The zero-order valence-corrected chi connectivity index (χ0v) is 17.7. The van der Waals surface area contributed by atoms with Gasteiger partial charge in [0.1, 0.15) is 10.8 Å². The summed E-state index contributed by atoms with van der Waals surface area (Å²) in [5, 5.41) is 17.2. The third kappa shape index (κ3) is 5.45. The van der Waals surface area contributed by atoms with Crippen LogP contribution in [0.15, 0.2) is 64.5 Å². The normalized spacial score (nSPS) is 11.2. The monoisotopic (exact) mass is 462 g/mol. The van der Waals surface area contributed by atoms with Crippen LogP contribution in [0.1, 0.15) is 6.42 Å². The molecule has 3 rings (SSSR count). The molecular weight excluding hydrogens is 444 g/mol. The summed E-state index contributed by atoms with van der Waals surface area (Å²) in [7, 11) is -3.82. The van der Waals surface area contributed by atoms with Gasteiger partial charge in [0.05, 0.1) is 20.9 Å². The number of halogens is 1. The van der Waals surface area contributed by atoms with E-state index in [4.69, 9.17) is 17.3 Å². The lowest BCUT2D eigenvalue weighted by atomic mass is 10.3. The SMILES string of the molecule is NCCCNc1nc(Nc2ccc(S(=O)(=O)c3ccc([N+](=O)[O-])cc3)cc2)ncc1Cl. The number of aromatic nitrogens is 2. The van der Waals surface area contributed by atoms with Crippen LogP contribution >= 0.6 is 11.6 Å². The number of rotatable bonds is 9. The van der Waals surface area contributed by atoms with Crippen molar-refractivity contribution in [2.45, 2.75) is 16.2 Å². The summed E-state index contributed by atoms with van der Waals surface area (Å²) in [6.07, 6.45) is 2.21. The average molecular weight is 463 g/mol. The second kappa shape index (κ2) is 9.69. The number of non-ortho nitro benzene ring substituents is 1. The highest BCUT2D eigenvalue weighted by Crippen LogP contribution is 2.26. The maximum absolute atomic E-state index is 12.7. The Hall–Kier alpha value is -3.28. The molecule has 31 heavy (non-hydrogen) atoms. The predicted octanol–water partition coefficient (Wildman–Crippen LogP) is 3.38. The quantitative estimate of drug-likeness (QED) is 0.246. The first kappa shape index (κ1) is 22.4. The minimum Gasteiger partial charge on any atom is -0.369 e. The lowest BCUT2D eigenvalue weighted by Crippen LogP contribution is -2.10. The van der Waals surface area contributed by atoms with Gasteiger partial charge in [-0.3, -0.25) is 10.1 Å². The Bertz CT molecular complexity index is 1170. The molecule has 2 aromatic carbocycles. The van der Waals surface area contributed by atoms with Gasteiger partial charge in [-0.25, -0.2) is 13.4 Å². The molecule has 0 aliphatic heterocycles. The number of hydrogen-bond acceptors (Lipinski definition) is 9. The molecule has 0 bridgehead atoms. The van der Waals surface area contributed by atoms with E-state index in [0.717, 1.165) is 18.6 Å². The molecule has 162 valence electrons. The van der Waals surface area contributed by atoms with Gasteiger partial charge >= 0.3 is 0 Å². The van der Waals surface area contributed by atoms with Gasteiger partial charge in [0.15, 0.2) is 0 Å². The Labute approximate surface area is 183 Å². The molecule has 0 atom stereocenters. The second-order valence-corrected chi connectivity index (χ2v) is 8.72. The molecule has 10 nitrogen and oxygen atoms in total. The number of benzene rings is 2. The molecule has 4 N–H and O–H groups in total. The van der Waals surface area contributed by atoms with Gasteiger partial charge in [0.2, 0.25) is 15.8 Å². The highest BCUT2D eigenvalue weighted by Gasteiger charge is 2.19. The van der Waals surface area contributed by atoms with Crippen molar-refractivity contribution in [2.75, 3.05) is 23.7 Å². The molecule has 0 radical (unpaired) electrons. The maximum atomic E-state index is 12.7. The minimum atomic E-state index is -3.82. The highest BCUT2D eigenvalue weighted by molar-refractivity contribution is 7.91. The van der Waals surface area contributed by atoms with Gasteiger partial charge < -0.3 is 16.4 Å². The van der Waals surface area contributed by atoms with Crippen molar-refractivity contribution in [3.05, 3.63) is 69.9 Å². The van der Waals surface area contributed by atoms with Gasteiger partial charge in [-0.15, -0.1) is 0 Å². The first-order chi connectivity index (χ1) is 14.8. The number of nitro groups is 1. The number of hydrogen-bond donors (Lipinski definition) is 3. The van der Waals surface area contributed by atoms with Gasteiger partial charge in [-0.1, -0.05) is 11.6 Å². The summed E-state index contributed by atoms with van der Waals surface area (Å²) in [5.41, 5.74) is 5.86. The Morgan fingerprint density at radius 3 is 2.26 bits per heavy atom. The number of nitrogens with two attached hydrogens (primary N) is 1. The fourth-order valence-corrected chi connectivity index (χ4v) is 4.01. The average Bonchev–Trinajstić information content (AvgIpc) is 2.76. The van der Waals surface area contributed by atoms with Crippen LogP contribution in [-0.2, 0) is 9.84 Å². The van der Waals surface area contributed by atoms with Gasteiger partial charge in [0, 0.05) is 24.4 Å². The molecule has 0 amide bonds. The molecule has 1 heterocycles. The lowest BCUT2D eigenvalue weighted by Gasteiger charge is -2.10. The number of nitrogens with one attached hydrogen (secondary N) is 2. The van der Waals surface area contributed by atoms with Gasteiger partial charge in [-0.05, 0) is 49.4 Å². The van der Waals surface area contributed by atoms with E-state index in [-0.39, 0.29) is 21.4 Å². The Balaban J connectivity index is 1.75. The standard InChI is InChI=1S/C19H19ClN6O4S/c20-17-12-23-19(25-18(17)22-11-1-10-21)24-13-2-6-15(7-3-13)31(29,30)16-8-4-14(5-9-16)26(27)28/h2-9,12H,1,10-11,21H2,(H2,22,23,24,25). The van der Waals surface area contributed by atoms with Crippen molar-refractivity contribution < 1.29 is 13.3 Å². The predicted molar refractivity (Wildman–Crippen MR) is 117 cm³/mol. The van der Waals surface area contributed by atoms with E-state index in [1.54, 1.807) is 12.1 Å². The molecule has 0 spiro atoms. The van der Waals surface area contributed by atoms with Crippen molar-refractivity contribution in [2.24, 2.45) is 5.73 Å². The molecule has 0 saturated heterocycles. The van der Waals surface area contributed by atoms with Gasteiger partial charge in [0.25, 0.3) is 5.69 Å². The van der Waals surface area contributed by atoms with Crippen molar-refractivity contribution in [3.8, 4) is 0 Å². The summed E-state index contributed by atoms with van der Waals surface area (Å²) >= 11 is 6.08. The largest absolute Gasteiger partial charge is 0.369 e. The lowest BCUT2D eigenvalue weighted by molar-refractivity contribution is -0.384. The van der Waals surface area contributed by atoms with Crippen LogP contribution in [0.5, 0.6) is 0 Å². The van der Waals surface area contributed by atoms with Crippen molar-refractivity contribution in [3.63, 3.8) is 0 Å². The third-order valence-electron chi connectivity index (χ3n) is 4.20. The third-order valence-corrected chi connectivity index (χ3v) is 6.26. The van der Waals surface area contributed by atoms with E-state index in [2.05, 4.69) is 20.6 Å². The van der Waals surface area contributed by atoms with Crippen LogP contribution in [0.2, 0.25) is 5.02 Å². The van der Waals surface area contributed by atoms with Crippen LogP contribution in [0.3, 0.4) is 0 Å². The smallest absolute Gasteiger partial charge is 0.269 e. The molecule has 0 saturated carbocycles. The van der Waals surface area contributed by atoms with E-state index in [1.807, 2.05) is 0 Å². The molecule has 0 unspecified atom stereocenters. The molecular formula is C19H19ClN6O4S. The maximum Gasteiger partial charge on any atom is 0.269 e. The minimum absolute atomic E-state index is 0.0342. The fourth-order valence-electron chi connectivity index (χ4n) is 2.59. The summed E-state index contributed by atoms with van der Waals surface area (Å²) in [6, 6.07) is 10.7. The van der Waals surface area contributed by atoms with Crippen molar-refractivity contribution >= 4 is 44.6 Å². The number of nitrogens with zero attached hydrogens (tertiary/aromatic N) is 3. The summed E-state index contributed by atoms with van der Waals surface area (Å²) in [5.74, 6) is 0.746. The molecule has 3 aromatic rings. The Morgan fingerprint density at radius 1 is 1.06 bits per heavy atom. The van der Waals surface area contributed by atoms with E-state index in [9.17, 15) is 18.5 Å². The zero-order valence-electron chi connectivity index (χ0n) is 16.2. The molecule has 0 aliphatic carbocycles. The van der Waals surface area contributed by atoms with Crippen LogP contribution in [0.25, 0.3) is 0 Å². The van der Waals surface area contributed by atoms with E-state index in [0.29, 0.717) is 29.6 Å². The number of sulfone groups is 1. The van der Waals surface area contributed by atoms with Gasteiger partial charge in [-0.2, -0.15) is 4.98 Å². The Morgan fingerprint density at radius 2 is 1.68 bits per heavy atom. The first-order valence-electron chi connectivity index (χ1n) is 9.14. The van der Waals surface area contributed by atoms with Crippen LogP contribution in [-0.4, -0.2) is 36.4 Å². The zero-order chi connectivity index (χ0) is 22.4. The van der Waals surface area contributed by atoms with Crippen LogP contribution in [0.4, 0.5) is 23.1 Å². The van der Waals surface area contributed by atoms with Crippen molar-refractivity contribution in [1.29, 1.82) is 0 Å². The summed E-state index contributed by atoms with van der Waals surface area (Å²) < 4.78 is 25.5. The number of nitro benzene ring substituents is 1. The highest BCUT2D eigenvalue weighted by atomic mass is 35.5. The first-order valence-corrected chi connectivity index (χ1v) is 11.0. The Kier molecular flexibility index (Phi) is 7.00. The molecule has 0 aliphatic rings. The van der Waals surface area contributed by atoms with Crippen molar-refractivity contribution in [1.82, 2.24) is 9.97 Å². The molecule has 12 heteroatoms. The summed E-state index contributed by atoms with van der Waals surface area (Å²) in [6.45, 7) is 1.15. The molecule has 0 fully saturated rings. The fraction of sp³-hybridized carbons (Fsp3) is 0.158. The second-order valence-electron chi connectivity index (χ2n) is 6.36. The van der Waals surface area contributed by atoms with E-state index < -0.39 is 14.8 Å². The topological polar surface area (TPSA) is 153 Å². The van der Waals surface area contributed by atoms with E-state index >= 15 is 0 Å². The molecule has 1 aromatic heterocycles. The van der Waals surface area contributed by atoms with Crippen LogP contribution in [0, 0.1) is 10.1 Å². The summed E-state index contributed by atoms with van der Waals surface area (Å²) in [4.78, 5) is 18.6. The van der Waals surface area contributed by atoms with E-state index in [1.165, 1.54) is 30.5 Å².